The van der Waals surface area contributed by atoms with E-state index in [4.69, 9.17) is 14.2 Å². The highest BCUT2D eigenvalue weighted by molar-refractivity contribution is 5.71. The van der Waals surface area contributed by atoms with Crippen molar-refractivity contribution < 1.29 is 28.6 Å². The SMILES string of the molecule is CCCCC/C=C\C/C=C\CCCCCCCCCC(=O)OC[C@H](COC(=O)CCCCCCC/C=C\CCCCCC)OC(=O)CCCCCCCCCCCCCCCCC. The summed E-state index contributed by atoms with van der Waals surface area (Å²) in [6.07, 6.45) is 61.2. The fourth-order valence-electron chi connectivity index (χ4n) is 7.94. The average molecular weight is 885 g/mol. The highest BCUT2D eigenvalue weighted by Gasteiger charge is 2.19. The van der Waals surface area contributed by atoms with Gasteiger partial charge in [0.15, 0.2) is 6.10 Å². The van der Waals surface area contributed by atoms with Crippen LogP contribution in [0.2, 0.25) is 0 Å². The van der Waals surface area contributed by atoms with Crippen molar-refractivity contribution in [1.82, 2.24) is 0 Å². The Labute approximate surface area is 391 Å². The lowest BCUT2D eigenvalue weighted by atomic mass is 10.0. The van der Waals surface area contributed by atoms with Gasteiger partial charge in [0.25, 0.3) is 0 Å². The normalized spacial score (nSPS) is 12.2. The van der Waals surface area contributed by atoms with Gasteiger partial charge in [-0.2, -0.15) is 0 Å². The number of ether oxygens (including phenoxy) is 3. The van der Waals surface area contributed by atoms with Crippen molar-refractivity contribution in [2.75, 3.05) is 13.2 Å². The maximum Gasteiger partial charge on any atom is 0.306 e. The number of esters is 3. The number of hydrogen-bond donors (Lipinski definition) is 0. The van der Waals surface area contributed by atoms with E-state index in [0.29, 0.717) is 19.3 Å². The predicted octanol–water partition coefficient (Wildman–Crippen LogP) is 18.1. The largest absolute Gasteiger partial charge is 0.462 e. The first-order chi connectivity index (χ1) is 31.0. The van der Waals surface area contributed by atoms with E-state index >= 15 is 0 Å². The van der Waals surface area contributed by atoms with Crippen LogP contribution in [0.15, 0.2) is 36.5 Å². The van der Waals surface area contributed by atoms with E-state index in [0.717, 1.165) is 77.0 Å². The van der Waals surface area contributed by atoms with Crippen LogP contribution in [0.1, 0.15) is 290 Å². The smallest absolute Gasteiger partial charge is 0.306 e. The first-order valence-corrected chi connectivity index (χ1v) is 27.5. The van der Waals surface area contributed by atoms with E-state index in [1.165, 1.54) is 173 Å². The van der Waals surface area contributed by atoms with Crippen LogP contribution in [0.5, 0.6) is 0 Å². The molecule has 63 heavy (non-hydrogen) atoms. The van der Waals surface area contributed by atoms with Gasteiger partial charge in [0.2, 0.25) is 0 Å². The third kappa shape index (κ3) is 50.5. The van der Waals surface area contributed by atoms with Gasteiger partial charge in [-0.3, -0.25) is 14.4 Å². The summed E-state index contributed by atoms with van der Waals surface area (Å²) in [7, 11) is 0. The Bertz CT molecular complexity index is 1060. The predicted molar refractivity (Wildman–Crippen MR) is 270 cm³/mol. The quantitative estimate of drug-likeness (QED) is 0.0262. The Morgan fingerprint density at radius 1 is 0.317 bits per heavy atom. The average Bonchev–Trinajstić information content (AvgIpc) is 3.28. The van der Waals surface area contributed by atoms with Gasteiger partial charge >= 0.3 is 17.9 Å². The molecular formula is C57H104O6. The Morgan fingerprint density at radius 3 is 0.937 bits per heavy atom. The summed E-state index contributed by atoms with van der Waals surface area (Å²) in [5.41, 5.74) is 0. The molecule has 368 valence electrons. The molecule has 6 heteroatoms. The molecule has 0 spiro atoms. The Kier molecular flexibility index (Phi) is 50.3. The lowest BCUT2D eigenvalue weighted by Gasteiger charge is -2.18. The number of carbonyl (C=O) groups is 3. The van der Waals surface area contributed by atoms with E-state index in [2.05, 4.69) is 57.2 Å². The third-order valence-electron chi connectivity index (χ3n) is 12.1. The molecule has 0 unspecified atom stereocenters. The van der Waals surface area contributed by atoms with Crippen molar-refractivity contribution in [3.63, 3.8) is 0 Å². The second-order valence-corrected chi connectivity index (χ2v) is 18.5. The summed E-state index contributed by atoms with van der Waals surface area (Å²) in [5, 5.41) is 0. The summed E-state index contributed by atoms with van der Waals surface area (Å²) < 4.78 is 16.8. The molecule has 0 amide bonds. The third-order valence-corrected chi connectivity index (χ3v) is 12.1. The standard InChI is InChI=1S/C57H104O6/c1-4-7-10-13-16-19-22-25-27-28-30-32-35-38-41-44-47-50-56(59)62-53-54(52-61-55(58)49-46-43-40-37-34-31-24-21-18-15-12-9-6-3)63-57(60)51-48-45-42-39-36-33-29-26-23-20-17-14-11-8-5-2/h16,19,21,24-25,27,54H,4-15,17-18,20,22-23,26,28-53H2,1-3H3/b19-16-,24-21-,27-25-/t54-/m0/s1. The van der Waals surface area contributed by atoms with Gasteiger partial charge in [-0.05, 0) is 77.0 Å². The van der Waals surface area contributed by atoms with E-state index in [1.54, 1.807) is 0 Å². The molecular weight excluding hydrogens is 781 g/mol. The van der Waals surface area contributed by atoms with Crippen LogP contribution in [0.3, 0.4) is 0 Å². The summed E-state index contributed by atoms with van der Waals surface area (Å²) in [4.78, 5) is 38.0. The van der Waals surface area contributed by atoms with Crippen LogP contribution >= 0.6 is 0 Å². The molecule has 0 N–H and O–H groups in total. The van der Waals surface area contributed by atoms with Gasteiger partial charge < -0.3 is 14.2 Å². The summed E-state index contributed by atoms with van der Waals surface area (Å²) in [6, 6.07) is 0. The van der Waals surface area contributed by atoms with Crippen LogP contribution < -0.4 is 0 Å². The topological polar surface area (TPSA) is 78.9 Å². The maximum absolute atomic E-state index is 12.8. The molecule has 0 saturated carbocycles. The van der Waals surface area contributed by atoms with Crippen LogP contribution in [0, 0.1) is 0 Å². The van der Waals surface area contributed by atoms with Crippen LogP contribution in [0.4, 0.5) is 0 Å². The summed E-state index contributed by atoms with van der Waals surface area (Å²) in [5.74, 6) is -0.877. The number of carbonyl (C=O) groups excluding carboxylic acids is 3. The van der Waals surface area contributed by atoms with E-state index in [1.807, 2.05) is 0 Å². The van der Waals surface area contributed by atoms with E-state index in [-0.39, 0.29) is 31.1 Å². The molecule has 0 saturated heterocycles. The minimum Gasteiger partial charge on any atom is -0.462 e. The highest BCUT2D eigenvalue weighted by Crippen LogP contribution is 2.16. The molecule has 6 nitrogen and oxygen atoms in total. The molecule has 0 aromatic carbocycles. The van der Waals surface area contributed by atoms with E-state index < -0.39 is 6.10 Å². The zero-order valence-corrected chi connectivity index (χ0v) is 42.1. The fourth-order valence-corrected chi connectivity index (χ4v) is 7.94. The summed E-state index contributed by atoms with van der Waals surface area (Å²) in [6.45, 7) is 6.62. The first kappa shape index (κ1) is 60.6. The number of unbranched alkanes of at least 4 members (excludes halogenated alkanes) is 33. The zero-order chi connectivity index (χ0) is 45.8. The monoisotopic (exact) mass is 885 g/mol. The highest BCUT2D eigenvalue weighted by atomic mass is 16.6. The van der Waals surface area contributed by atoms with E-state index in [9.17, 15) is 14.4 Å². The maximum atomic E-state index is 12.8. The second kappa shape index (κ2) is 52.3. The number of allylic oxidation sites excluding steroid dienone is 6. The molecule has 0 aromatic rings. The molecule has 0 heterocycles. The molecule has 0 aliphatic heterocycles. The Hall–Kier alpha value is -2.37. The van der Waals surface area contributed by atoms with Crippen molar-refractivity contribution in [3.05, 3.63) is 36.5 Å². The molecule has 0 rings (SSSR count). The first-order valence-electron chi connectivity index (χ1n) is 27.5. The van der Waals surface area contributed by atoms with Gasteiger partial charge in [0.05, 0.1) is 0 Å². The van der Waals surface area contributed by atoms with Crippen molar-refractivity contribution in [2.24, 2.45) is 0 Å². The second-order valence-electron chi connectivity index (χ2n) is 18.5. The number of hydrogen-bond acceptors (Lipinski definition) is 6. The van der Waals surface area contributed by atoms with Crippen molar-refractivity contribution in [3.8, 4) is 0 Å². The van der Waals surface area contributed by atoms with Gasteiger partial charge in [-0.15, -0.1) is 0 Å². The molecule has 0 aromatic heterocycles. The molecule has 1 atom stereocenters. The van der Waals surface area contributed by atoms with Crippen molar-refractivity contribution in [1.29, 1.82) is 0 Å². The van der Waals surface area contributed by atoms with Gasteiger partial charge in [0.1, 0.15) is 13.2 Å². The van der Waals surface area contributed by atoms with Gasteiger partial charge in [0, 0.05) is 19.3 Å². The van der Waals surface area contributed by atoms with Crippen molar-refractivity contribution in [2.45, 2.75) is 297 Å². The molecule has 0 bridgehead atoms. The molecule has 0 fully saturated rings. The fraction of sp³-hybridized carbons (Fsp3) is 0.842. The molecule has 0 aliphatic carbocycles. The van der Waals surface area contributed by atoms with Gasteiger partial charge in [-0.25, -0.2) is 0 Å². The summed E-state index contributed by atoms with van der Waals surface area (Å²) >= 11 is 0. The lowest BCUT2D eigenvalue weighted by molar-refractivity contribution is -0.167. The lowest BCUT2D eigenvalue weighted by Crippen LogP contribution is -2.30. The zero-order valence-electron chi connectivity index (χ0n) is 42.1. The van der Waals surface area contributed by atoms with Gasteiger partial charge in [-0.1, -0.05) is 231 Å². The Morgan fingerprint density at radius 2 is 0.571 bits per heavy atom. The molecule has 0 radical (unpaired) electrons. The van der Waals surface area contributed by atoms with Crippen LogP contribution in [-0.2, 0) is 28.6 Å². The van der Waals surface area contributed by atoms with Crippen LogP contribution in [-0.4, -0.2) is 37.2 Å². The minimum absolute atomic E-state index is 0.0758. The van der Waals surface area contributed by atoms with Crippen LogP contribution in [0.25, 0.3) is 0 Å². The Balaban J connectivity index is 4.36. The van der Waals surface area contributed by atoms with Crippen molar-refractivity contribution >= 4 is 17.9 Å². The number of rotatable bonds is 50. The minimum atomic E-state index is -0.775. The molecule has 0 aliphatic rings.